The van der Waals surface area contributed by atoms with E-state index < -0.39 is 42.5 Å². The van der Waals surface area contributed by atoms with Gasteiger partial charge in [0.2, 0.25) is 5.82 Å². The lowest BCUT2D eigenvalue weighted by atomic mass is 10.3. The van der Waals surface area contributed by atoms with Crippen LogP contribution >= 0.6 is 10.7 Å². The summed E-state index contributed by atoms with van der Waals surface area (Å²) in [5.41, 5.74) is 2.92. The van der Waals surface area contributed by atoms with Crippen molar-refractivity contribution in [1.29, 1.82) is 0 Å². The van der Waals surface area contributed by atoms with Gasteiger partial charge in [0.1, 0.15) is 5.69 Å². The fraction of sp³-hybridized carbons (Fsp3) is 0.167. The molecule has 0 bridgehead atoms. The van der Waals surface area contributed by atoms with Crippen LogP contribution in [-0.4, -0.2) is 18.3 Å². The van der Waals surface area contributed by atoms with Crippen LogP contribution in [0.25, 0.3) is 0 Å². The number of hydrogen-bond donors (Lipinski definition) is 1. The number of pyridine rings is 1. The minimum absolute atomic E-state index is 0.321. The number of hydrogen-bond acceptors (Lipinski definition) is 6. The molecule has 0 fully saturated rings. The van der Waals surface area contributed by atoms with Crippen LogP contribution in [0.5, 0.6) is 0 Å². The quantitative estimate of drug-likeness (QED) is 0.511. The number of aromatic nitrogens is 1. The Bertz CT molecular complexity index is 577. The van der Waals surface area contributed by atoms with Crippen molar-refractivity contribution in [2.75, 3.05) is 5.73 Å². The van der Waals surface area contributed by atoms with E-state index in [2.05, 4.69) is 4.98 Å². The van der Waals surface area contributed by atoms with Gasteiger partial charge in [0, 0.05) is 10.7 Å². The van der Waals surface area contributed by atoms with E-state index in [0.717, 1.165) is 0 Å². The number of anilines is 1. The lowest BCUT2D eigenvalue weighted by molar-refractivity contribution is -0.387. The van der Waals surface area contributed by atoms with E-state index in [0.29, 0.717) is 6.07 Å². The summed E-state index contributed by atoms with van der Waals surface area (Å²) in [6, 6.07) is 0.321. The first kappa shape index (κ1) is 13.5. The Morgan fingerprint density at radius 3 is 2.41 bits per heavy atom. The third-order valence-electron chi connectivity index (χ3n) is 1.67. The number of nitro groups is 1. The van der Waals surface area contributed by atoms with Crippen LogP contribution in [0.3, 0.4) is 0 Å². The largest absolute Gasteiger partial charge is 0.378 e. The lowest BCUT2D eigenvalue weighted by Crippen LogP contribution is -2.07. The molecule has 0 aliphatic carbocycles. The molecule has 0 aliphatic heterocycles. The molecule has 0 atom stereocenters. The molecule has 0 aromatic carbocycles. The highest BCUT2D eigenvalue weighted by molar-refractivity contribution is 8.13. The highest BCUT2D eigenvalue weighted by atomic mass is 35.7. The van der Waals surface area contributed by atoms with Crippen molar-refractivity contribution in [3.05, 3.63) is 21.9 Å². The highest BCUT2D eigenvalue weighted by Crippen LogP contribution is 2.33. The number of nitrogens with two attached hydrogens (primary N) is 1. The van der Waals surface area contributed by atoms with E-state index in [1.165, 1.54) is 0 Å². The summed E-state index contributed by atoms with van der Waals surface area (Å²) >= 11 is 0. The van der Waals surface area contributed by atoms with Crippen LogP contribution in [0.15, 0.2) is 11.0 Å². The number of nitrogens with zero attached hydrogens (tertiary/aromatic N) is 2. The molecule has 0 aliphatic rings. The average Bonchev–Trinajstić information content (AvgIpc) is 2.14. The summed E-state index contributed by atoms with van der Waals surface area (Å²) in [7, 11) is 0.316. The fourth-order valence-corrected chi connectivity index (χ4v) is 2.06. The first-order valence-electron chi connectivity index (χ1n) is 3.82. The molecule has 0 radical (unpaired) electrons. The standard InChI is InChI=1S/C6H4ClF2N3O4S/c7-17(15,16)3-1-2(5(8)9)11-6(10)4(3)12(13)14/h1,5H,(H2,10,11). The molecule has 94 valence electrons. The second kappa shape index (κ2) is 4.37. The lowest BCUT2D eigenvalue weighted by Gasteiger charge is -2.05. The fourth-order valence-electron chi connectivity index (χ4n) is 1.03. The van der Waals surface area contributed by atoms with Crippen LogP contribution in [0, 0.1) is 10.1 Å². The van der Waals surface area contributed by atoms with Crippen molar-refractivity contribution in [2.45, 2.75) is 11.3 Å². The predicted octanol–water partition coefficient (Wildman–Crippen LogP) is 1.44. The second-order valence-electron chi connectivity index (χ2n) is 2.77. The van der Waals surface area contributed by atoms with E-state index in [1.54, 1.807) is 0 Å². The second-order valence-corrected chi connectivity index (χ2v) is 5.31. The molecule has 0 amide bonds. The molecule has 0 unspecified atom stereocenters. The summed E-state index contributed by atoms with van der Waals surface area (Å²) in [6.45, 7) is 0. The zero-order chi connectivity index (χ0) is 13.4. The Morgan fingerprint density at radius 2 is 2.06 bits per heavy atom. The molecule has 7 nitrogen and oxygen atoms in total. The highest BCUT2D eigenvalue weighted by Gasteiger charge is 2.30. The maximum absolute atomic E-state index is 12.3. The molecule has 17 heavy (non-hydrogen) atoms. The van der Waals surface area contributed by atoms with Gasteiger partial charge in [-0.3, -0.25) is 10.1 Å². The normalized spacial score (nSPS) is 11.8. The first-order chi connectivity index (χ1) is 7.64. The van der Waals surface area contributed by atoms with Gasteiger partial charge >= 0.3 is 5.69 Å². The van der Waals surface area contributed by atoms with Gasteiger partial charge in [-0.2, -0.15) is 0 Å². The molecule has 1 aromatic heterocycles. The van der Waals surface area contributed by atoms with Gasteiger partial charge in [-0.05, 0) is 6.07 Å². The predicted molar refractivity (Wildman–Crippen MR) is 53.3 cm³/mol. The summed E-state index contributed by atoms with van der Waals surface area (Å²) in [6.07, 6.45) is -3.13. The van der Waals surface area contributed by atoms with Crippen LogP contribution in [0.4, 0.5) is 20.3 Å². The minimum Gasteiger partial charge on any atom is -0.378 e. The Morgan fingerprint density at radius 1 is 1.53 bits per heavy atom. The molecule has 1 aromatic rings. The molecular formula is C6H4ClF2N3O4S. The summed E-state index contributed by atoms with van der Waals surface area (Å²) < 4.78 is 46.7. The average molecular weight is 288 g/mol. The smallest absolute Gasteiger partial charge is 0.330 e. The summed E-state index contributed by atoms with van der Waals surface area (Å²) in [4.78, 5) is 11.3. The van der Waals surface area contributed by atoms with Gasteiger partial charge in [0.05, 0.1) is 4.92 Å². The number of rotatable bonds is 3. The third kappa shape index (κ3) is 2.77. The maximum atomic E-state index is 12.3. The first-order valence-corrected chi connectivity index (χ1v) is 6.13. The monoisotopic (exact) mass is 287 g/mol. The van der Waals surface area contributed by atoms with Gasteiger partial charge < -0.3 is 5.73 Å². The van der Waals surface area contributed by atoms with E-state index in [1.807, 2.05) is 0 Å². The van der Waals surface area contributed by atoms with E-state index in [9.17, 15) is 27.3 Å². The molecule has 0 spiro atoms. The Labute approximate surface area is 97.8 Å². The van der Waals surface area contributed by atoms with E-state index >= 15 is 0 Å². The zero-order valence-electron chi connectivity index (χ0n) is 7.80. The molecule has 0 saturated heterocycles. The Hall–Kier alpha value is -1.55. The van der Waals surface area contributed by atoms with Crippen molar-refractivity contribution < 1.29 is 22.1 Å². The zero-order valence-corrected chi connectivity index (χ0v) is 9.37. The van der Waals surface area contributed by atoms with Crippen molar-refractivity contribution in [1.82, 2.24) is 4.98 Å². The van der Waals surface area contributed by atoms with E-state index in [4.69, 9.17) is 16.4 Å². The molecule has 11 heteroatoms. The van der Waals surface area contributed by atoms with Gasteiger partial charge in [-0.15, -0.1) is 0 Å². The SMILES string of the molecule is Nc1nc(C(F)F)cc(S(=O)(=O)Cl)c1[N+](=O)[O-]. The van der Waals surface area contributed by atoms with Gasteiger partial charge in [0.25, 0.3) is 15.5 Å². The third-order valence-corrected chi connectivity index (χ3v) is 3.01. The number of halogens is 3. The number of nitrogen functional groups attached to an aromatic ring is 1. The Kier molecular flexibility index (Phi) is 3.48. The van der Waals surface area contributed by atoms with Crippen molar-refractivity contribution in [2.24, 2.45) is 0 Å². The number of alkyl halides is 2. The van der Waals surface area contributed by atoms with Crippen molar-refractivity contribution in [3.63, 3.8) is 0 Å². The maximum Gasteiger partial charge on any atom is 0.330 e. The minimum atomic E-state index is -4.58. The Balaban J connectivity index is 3.69. The van der Waals surface area contributed by atoms with E-state index in [-0.39, 0.29) is 0 Å². The summed E-state index contributed by atoms with van der Waals surface area (Å²) in [5, 5.41) is 10.5. The van der Waals surface area contributed by atoms with Crippen molar-refractivity contribution >= 4 is 31.2 Å². The van der Waals surface area contributed by atoms with Gasteiger partial charge in [0.15, 0.2) is 4.90 Å². The van der Waals surface area contributed by atoms with Gasteiger partial charge in [-0.1, -0.05) is 0 Å². The molecule has 0 saturated carbocycles. The van der Waals surface area contributed by atoms with Crippen molar-refractivity contribution in [3.8, 4) is 0 Å². The van der Waals surface area contributed by atoms with Gasteiger partial charge in [-0.25, -0.2) is 22.2 Å². The van der Waals surface area contributed by atoms with Crippen LogP contribution in [-0.2, 0) is 9.05 Å². The summed E-state index contributed by atoms with van der Waals surface area (Å²) in [5.74, 6) is -0.938. The van der Waals surface area contributed by atoms with Crippen LogP contribution in [0.2, 0.25) is 0 Å². The molecule has 1 rings (SSSR count). The van der Waals surface area contributed by atoms with Crippen LogP contribution in [0.1, 0.15) is 12.1 Å². The topological polar surface area (TPSA) is 116 Å². The molecule has 2 N–H and O–H groups in total. The van der Waals surface area contributed by atoms with Crippen LogP contribution < -0.4 is 5.73 Å². The molecule has 1 heterocycles. The molecular weight excluding hydrogens is 284 g/mol.